The Balaban J connectivity index is 4.92. The van der Waals surface area contributed by atoms with Crippen LogP contribution in [0, 0.1) is 0 Å². The third-order valence-corrected chi connectivity index (χ3v) is 4.80. The molecule has 4 atom stereocenters. The van der Waals surface area contributed by atoms with Crippen molar-refractivity contribution in [2.45, 2.75) is 69.6 Å². The number of rotatable bonds is 16. The molecule has 10 N–H and O–H groups in total. The lowest BCUT2D eigenvalue weighted by Gasteiger charge is -2.23. The van der Waals surface area contributed by atoms with Crippen LogP contribution in [0.3, 0.4) is 0 Å². The number of unbranched alkanes of at least 4 members (excludes halogenated alkanes) is 2. The molecule has 174 valence electrons. The number of hydrogen-bond acceptors (Lipinski definition) is 8. The number of carboxylic acids is 1. The highest BCUT2D eigenvalue weighted by molar-refractivity contribution is 7.80. The predicted octanol–water partition coefficient (Wildman–Crippen LogP) is -1.94. The van der Waals surface area contributed by atoms with Crippen LogP contribution in [0.5, 0.6) is 0 Å². The van der Waals surface area contributed by atoms with Crippen LogP contribution in [-0.4, -0.2) is 71.8 Å². The fraction of sp³-hybridized carbons (Fsp3) is 0.778. The highest BCUT2D eigenvalue weighted by atomic mass is 32.1. The molecule has 0 bridgehead atoms. The van der Waals surface area contributed by atoms with E-state index < -0.39 is 47.9 Å². The van der Waals surface area contributed by atoms with Gasteiger partial charge in [0.2, 0.25) is 17.7 Å². The van der Waals surface area contributed by atoms with E-state index in [1.165, 1.54) is 6.92 Å². The van der Waals surface area contributed by atoms with E-state index in [-0.39, 0.29) is 5.75 Å². The van der Waals surface area contributed by atoms with Gasteiger partial charge in [-0.05, 0) is 52.1 Å². The molecular formula is C18H36N6O5S. The average molecular weight is 449 g/mol. The molecule has 0 aromatic heterocycles. The molecular weight excluding hydrogens is 412 g/mol. The lowest BCUT2D eigenvalue weighted by atomic mass is 10.1. The molecule has 0 saturated carbocycles. The summed E-state index contributed by atoms with van der Waals surface area (Å²) in [6.07, 6.45) is 3.48. The molecule has 0 spiro atoms. The molecule has 3 amide bonds. The summed E-state index contributed by atoms with van der Waals surface area (Å²) in [5.41, 5.74) is 16.8. The maximum Gasteiger partial charge on any atom is 0.327 e. The van der Waals surface area contributed by atoms with Gasteiger partial charge in [0.1, 0.15) is 18.1 Å². The number of carboxylic acid groups (broad SMARTS) is 1. The summed E-state index contributed by atoms with van der Waals surface area (Å²) in [7, 11) is 0. The Kier molecular flexibility index (Phi) is 14.9. The van der Waals surface area contributed by atoms with Gasteiger partial charge in [-0.15, -0.1) is 0 Å². The molecule has 0 aliphatic rings. The summed E-state index contributed by atoms with van der Waals surface area (Å²) in [6, 6.07) is -3.84. The molecule has 0 fully saturated rings. The van der Waals surface area contributed by atoms with Crippen molar-refractivity contribution in [2.75, 3.05) is 18.8 Å². The second-order valence-electron chi connectivity index (χ2n) is 7.05. The second kappa shape index (κ2) is 15.9. The van der Waals surface area contributed by atoms with Crippen LogP contribution in [-0.2, 0) is 19.2 Å². The number of amides is 3. The van der Waals surface area contributed by atoms with Crippen LogP contribution in [0.15, 0.2) is 0 Å². The fourth-order valence-corrected chi connectivity index (χ4v) is 2.79. The highest BCUT2D eigenvalue weighted by Crippen LogP contribution is 2.04. The van der Waals surface area contributed by atoms with Gasteiger partial charge in [-0.3, -0.25) is 14.4 Å². The number of carbonyl (C=O) groups is 4. The maximum atomic E-state index is 12.6. The van der Waals surface area contributed by atoms with Crippen molar-refractivity contribution >= 4 is 36.3 Å². The first-order valence-corrected chi connectivity index (χ1v) is 10.7. The topological polar surface area (TPSA) is 203 Å². The Bertz CT molecular complexity index is 565. The zero-order valence-corrected chi connectivity index (χ0v) is 18.3. The van der Waals surface area contributed by atoms with E-state index >= 15 is 0 Å². The third kappa shape index (κ3) is 11.3. The van der Waals surface area contributed by atoms with Gasteiger partial charge in [0, 0.05) is 5.75 Å². The van der Waals surface area contributed by atoms with E-state index in [1.54, 1.807) is 0 Å². The van der Waals surface area contributed by atoms with Gasteiger partial charge in [0.15, 0.2) is 0 Å². The van der Waals surface area contributed by atoms with E-state index in [4.69, 9.17) is 22.3 Å². The first-order valence-electron chi connectivity index (χ1n) is 10.1. The Morgan fingerprint density at radius 1 is 0.833 bits per heavy atom. The first-order chi connectivity index (χ1) is 14.2. The highest BCUT2D eigenvalue weighted by Gasteiger charge is 2.27. The van der Waals surface area contributed by atoms with Crippen LogP contribution in [0.25, 0.3) is 0 Å². The van der Waals surface area contributed by atoms with E-state index in [1.807, 2.05) is 0 Å². The quantitative estimate of drug-likeness (QED) is 0.0983. The molecule has 12 heteroatoms. The summed E-state index contributed by atoms with van der Waals surface area (Å²) in [5, 5.41) is 16.4. The molecule has 0 aromatic carbocycles. The predicted molar refractivity (Wildman–Crippen MR) is 117 cm³/mol. The van der Waals surface area contributed by atoms with Crippen molar-refractivity contribution in [3.05, 3.63) is 0 Å². The minimum Gasteiger partial charge on any atom is -0.480 e. The normalized spacial score (nSPS) is 14.8. The van der Waals surface area contributed by atoms with Gasteiger partial charge in [-0.1, -0.05) is 6.42 Å². The van der Waals surface area contributed by atoms with Crippen LogP contribution < -0.4 is 33.2 Å². The van der Waals surface area contributed by atoms with Crippen molar-refractivity contribution in [1.82, 2.24) is 16.0 Å². The molecule has 0 aliphatic carbocycles. The van der Waals surface area contributed by atoms with Gasteiger partial charge in [0.25, 0.3) is 0 Å². The van der Waals surface area contributed by atoms with Crippen molar-refractivity contribution in [3.8, 4) is 0 Å². The van der Waals surface area contributed by atoms with Crippen LogP contribution in [0.1, 0.15) is 45.4 Å². The van der Waals surface area contributed by atoms with Gasteiger partial charge < -0.3 is 38.3 Å². The van der Waals surface area contributed by atoms with Crippen molar-refractivity contribution in [3.63, 3.8) is 0 Å². The van der Waals surface area contributed by atoms with E-state index in [0.29, 0.717) is 45.2 Å². The molecule has 0 saturated heterocycles. The number of aliphatic carboxylic acids is 1. The first kappa shape index (κ1) is 28.1. The lowest BCUT2D eigenvalue weighted by Crippen LogP contribution is -2.56. The van der Waals surface area contributed by atoms with Gasteiger partial charge >= 0.3 is 5.97 Å². The number of carbonyl (C=O) groups excluding carboxylic acids is 3. The monoisotopic (exact) mass is 448 g/mol. The van der Waals surface area contributed by atoms with Crippen molar-refractivity contribution in [2.24, 2.45) is 17.2 Å². The molecule has 11 nitrogen and oxygen atoms in total. The number of hydrogen-bond donors (Lipinski definition) is 8. The zero-order chi connectivity index (χ0) is 23.1. The van der Waals surface area contributed by atoms with Crippen molar-refractivity contribution < 1.29 is 24.3 Å². The largest absolute Gasteiger partial charge is 0.480 e. The van der Waals surface area contributed by atoms with Gasteiger partial charge in [-0.2, -0.15) is 12.6 Å². The Hall–Kier alpha value is -1.89. The number of nitrogens with one attached hydrogen (secondary N) is 3. The van der Waals surface area contributed by atoms with Crippen LogP contribution >= 0.6 is 12.6 Å². The fourth-order valence-electron chi connectivity index (χ4n) is 2.54. The number of thiol groups is 1. The molecule has 0 radical (unpaired) electrons. The molecule has 0 rings (SSSR count). The molecule has 0 heterocycles. The molecule has 30 heavy (non-hydrogen) atoms. The molecule has 0 aliphatic heterocycles. The molecule has 0 aromatic rings. The summed E-state index contributed by atoms with van der Waals surface area (Å²) in [6.45, 7) is 2.37. The van der Waals surface area contributed by atoms with Crippen LogP contribution in [0.2, 0.25) is 0 Å². The molecule has 4 unspecified atom stereocenters. The smallest absolute Gasteiger partial charge is 0.327 e. The lowest BCUT2D eigenvalue weighted by molar-refractivity contribution is -0.141. The number of nitrogens with two attached hydrogens (primary N) is 3. The van der Waals surface area contributed by atoms with Gasteiger partial charge in [-0.25, -0.2) is 4.79 Å². The van der Waals surface area contributed by atoms with E-state index in [0.717, 1.165) is 6.42 Å². The van der Waals surface area contributed by atoms with Crippen LogP contribution in [0.4, 0.5) is 0 Å². The van der Waals surface area contributed by atoms with E-state index in [2.05, 4.69) is 28.6 Å². The van der Waals surface area contributed by atoms with Crippen molar-refractivity contribution in [1.29, 1.82) is 0 Å². The summed E-state index contributed by atoms with van der Waals surface area (Å²) >= 11 is 3.88. The summed E-state index contributed by atoms with van der Waals surface area (Å²) in [5.74, 6) is -3.02. The maximum absolute atomic E-state index is 12.6. The Morgan fingerprint density at radius 2 is 1.37 bits per heavy atom. The second-order valence-corrected chi connectivity index (χ2v) is 7.41. The average Bonchev–Trinajstić information content (AvgIpc) is 2.70. The van der Waals surface area contributed by atoms with E-state index in [9.17, 15) is 19.2 Å². The Labute approximate surface area is 182 Å². The van der Waals surface area contributed by atoms with Gasteiger partial charge in [0.05, 0.1) is 6.04 Å². The summed E-state index contributed by atoms with van der Waals surface area (Å²) in [4.78, 5) is 48.1. The third-order valence-electron chi connectivity index (χ3n) is 4.44. The SMILES string of the molecule is CC(NC(=O)C(CCCCN)NC(=O)C(N)CCCCN)C(=O)NC(CS)C(=O)O. The summed E-state index contributed by atoms with van der Waals surface area (Å²) < 4.78 is 0. The zero-order valence-electron chi connectivity index (χ0n) is 17.4. The standard InChI is InChI=1S/C18H36N6O5S/c1-11(15(25)24-14(10-30)18(28)29)22-17(27)13(7-3-5-9-20)23-16(26)12(21)6-2-4-8-19/h11-14,30H,2-10,19-21H2,1H3,(H,22,27)(H,23,26)(H,24,25)(H,28,29). The minimum absolute atomic E-state index is 0.0957. The Morgan fingerprint density at radius 3 is 1.87 bits per heavy atom. The minimum atomic E-state index is -1.23.